The molecule has 3 nitrogen and oxygen atoms in total. The number of fused-ring (bicyclic) bond motifs is 1. The van der Waals surface area contributed by atoms with E-state index in [1.165, 1.54) is 49.2 Å². The molecular formula is C28H35N3. The zero-order valence-electron chi connectivity index (χ0n) is 18.8. The molecule has 31 heavy (non-hydrogen) atoms. The number of hydrogen-bond donors (Lipinski definition) is 0. The fraction of sp³-hybridized carbons (Fsp3) is 0.429. The summed E-state index contributed by atoms with van der Waals surface area (Å²) in [7, 11) is 2.21. The van der Waals surface area contributed by atoms with Gasteiger partial charge in [0.15, 0.2) is 0 Å². The molecule has 0 radical (unpaired) electrons. The van der Waals surface area contributed by atoms with Gasteiger partial charge in [0, 0.05) is 44.5 Å². The first-order valence-electron chi connectivity index (χ1n) is 12.0. The van der Waals surface area contributed by atoms with E-state index in [1.807, 2.05) is 0 Å². The lowest BCUT2D eigenvalue weighted by molar-refractivity contribution is 0.109. The van der Waals surface area contributed by atoms with Crippen molar-refractivity contribution in [3.8, 4) is 0 Å². The van der Waals surface area contributed by atoms with Gasteiger partial charge in [-0.25, -0.2) is 0 Å². The van der Waals surface area contributed by atoms with E-state index in [2.05, 4.69) is 94.3 Å². The minimum absolute atomic E-state index is 0.417. The molecule has 0 unspecified atom stereocenters. The lowest BCUT2D eigenvalue weighted by atomic mass is 9.81. The summed E-state index contributed by atoms with van der Waals surface area (Å²) in [6, 6.07) is 25.1. The maximum Gasteiger partial charge on any atom is 0.0584 e. The number of piperidine rings is 1. The summed E-state index contributed by atoms with van der Waals surface area (Å²) in [5.74, 6) is 0.507. The quantitative estimate of drug-likeness (QED) is 0.536. The average molecular weight is 414 g/mol. The van der Waals surface area contributed by atoms with Gasteiger partial charge in [-0.15, -0.1) is 0 Å². The highest BCUT2D eigenvalue weighted by atomic mass is 15.2. The lowest BCUT2D eigenvalue weighted by Gasteiger charge is -2.45. The zero-order chi connectivity index (χ0) is 21.0. The van der Waals surface area contributed by atoms with E-state index >= 15 is 0 Å². The second-order valence-corrected chi connectivity index (χ2v) is 9.36. The van der Waals surface area contributed by atoms with Crippen LogP contribution >= 0.6 is 0 Å². The first kappa shape index (κ1) is 20.5. The number of benzene rings is 2. The first-order valence-corrected chi connectivity index (χ1v) is 12.0. The molecule has 2 aromatic carbocycles. The molecule has 1 fully saturated rings. The van der Waals surface area contributed by atoms with Gasteiger partial charge in [0.1, 0.15) is 0 Å². The number of rotatable bonds is 6. The summed E-state index contributed by atoms with van der Waals surface area (Å²) in [6.07, 6.45) is 7.40. The lowest BCUT2D eigenvalue weighted by Crippen LogP contribution is -2.44. The summed E-state index contributed by atoms with van der Waals surface area (Å²) < 4.78 is 2.34. The van der Waals surface area contributed by atoms with E-state index in [9.17, 15) is 0 Å². The zero-order valence-corrected chi connectivity index (χ0v) is 18.8. The van der Waals surface area contributed by atoms with E-state index in [0.717, 1.165) is 26.1 Å². The van der Waals surface area contributed by atoms with Crippen molar-refractivity contribution in [2.75, 3.05) is 26.2 Å². The first-order chi connectivity index (χ1) is 15.3. The predicted octanol–water partition coefficient (Wildman–Crippen LogP) is 5.39. The Bertz CT molecular complexity index is 971. The van der Waals surface area contributed by atoms with Crippen LogP contribution in [0.3, 0.4) is 0 Å². The maximum atomic E-state index is 2.75. The van der Waals surface area contributed by atoms with E-state index < -0.39 is 0 Å². The molecule has 0 aliphatic carbocycles. The maximum absolute atomic E-state index is 2.75. The van der Waals surface area contributed by atoms with Crippen LogP contribution in [-0.2, 0) is 20.0 Å². The molecule has 2 aliphatic heterocycles. The highest BCUT2D eigenvalue weighted by molar-refractivity contribution is 5.37. The van der Waals surface area contributed by atoms with Gasteiger partial charge < -0.3 is 9.47 Å². The highest BCUT2D eigenvalue weighted by Crippen LogP contribution is 2.43. The van der Waals surface area contributed by atoms with Crippen molar-refractivity contribution in [1.29, 1.82) is 0 Å². The van der Waals surface area contributed by atoms with Crippen molar-refractivity contribution in [1.82, 2.24) is 14.4 Å². The molecule has 5 rings (SSSR count). The molecule has 0 bridgehead atoms. The Morgan fingerprint density at radius 3 is 2.39 bits per heavy atom. The van der Waals surface area contributed by atoms with Crippen LogP contribution in [0.5, 0.6) is 0 Å². The van der Waals surface area contributed by atoms with Gasteiger partial charge in [0.2, 0.25) is 0 Å². The standard InChI is InChI=1S/C28H35N3/c1-29-17-10-15-27(29)28-26(22-30-18-8-3-9-19-30)25-14-7-6-13-24(25)21-31(28)20-16-23-11-4-2-5-12-23/h2,4-7,10-15,17,26,28H,3,8-9,16,18-22H2,1H3/t26-,28-/m0/s1. The molecule has 162 valence electrons. The van der Waals surface area contributed by atoms with Crippen LogP contribution in [-0.4, -0.2) is 40.5 Å². The van der Waals surface area contributed by atoms with Crippen molar-refractivity contribution in [3.63, 3.8) is 0 Å². The van der Waals surface area contributed by atoms with Crippen molar-refractivity contribution >= 4 is 0 Å². The molecule has 3 heteroatoms. The van der Waals surface area contributed by atoms with Crippen molar-refractivity contribution < 1.29 is 0 Å². The second kappa shape index (κ2) is 9.42. The van der Waals surface area contributed by atoms with Crippen LogP contribution in [0.4, 0.5) is 0 Å². The van der Waals surface area contributed by atoms with Crippen molar-refractivity contribution in [2.45, 2.75) is 44.2 Å². The summed E-state index contributed by atoms with van der Waals surface area (Å²) in [5, 5.41) is 0. The van der Waals surface area contributed by atoms with E-state index in [-0.39, 0.29) is 0 Å². The third-order valence-corrected chi connectivity index (χ3v) is 7.32. The molecule has 2 atom stereocenters. The largest absolute Gasteiger partial charge is 0.353 e. The molecular weight excluding hydrogens is 378 g/mol. The van der Waals surface area contributed by atoms with Crippen LogP contribution in [0.15, 0.2) is 72.9 Å². The van der Waals surface area contributed by atoms with Crippen LogP contribution in [0.2, 0.25) is 0 Å². The predicted molar refractivity (Wildman–Crippen MR) is 128 cm³/mol. The Morgan fingerprint density at radius 1 is 0.839 bits per heavy atom. The number of aromatic nitrogens is 1. The summed E-state index contributed by atoms with van der Waals surface area (Å²) in [6.45, 7) is 5.79. The third-order valence-electron chi connectivity index (χ3n) is 7.32. The summed E-state index contributed by atoms with van der Waals surface area (Å²) >= 11 is 0. The smallest absolute Gasteiger partial charge is 0.0584 e. The number of nitrogens with zero attached hydrogens (tertiary/aromatic N) is 3. The van der Waals surface area contributed by atoms with Gasteiger partial charge in [0.25, 0.3) is 0 Å². The normalized spacial score (nSPS) is 22.4. The fourth-order valence-corrected chi connectivity index (χ4v) is 5.71. The molecule has 1 aromatic heterocycles. The molecule has 0 saturated carbocycles. The van der Waals surface area contributed by atoms with Gasteiger partial charge in [-0.2, -0.15) is 0 Å². The van der Waals surface area contributed by atoms with Crippen LogP contribution in [0.1, 0.15) is 53.6 Å². The molecule has 0 amide bonds. The molecule has 0 N–H and O–H groups in total. The minimum Gasteiger partial charge on any atom is -0.353 e. The minimum atomic E-state index is 0.417. The van der Waals surface area contributed by atoms with Gasteiger partial charge in [0.05, 0.1) is 6.04 Å². The van der Waals surface area contributed by atoms with E-state index in [4.69, 9.17) is 0 Å². The van der Waals surface area contributed by atoms with E-state index in [1.54, 1.807) is 5.56 Å². The third kappa shape index (κ3) is 4.49. The Labute approximate surface area is 187 Å². The molecule has 3 aromatic rings. The summed E-state index contributed by atoms with van der Waals surface area (Å²) in [5.41, 5.74) is 5.96. The second-order valence-electron chi connectivity index (χ2n) is 9.36. The topological polar surface area (TPSA) is 11.4 Å². The Balaban J connectivity index is 1.49. The number of hydrogen-bond acceptors (Lipinski definition) is 2. The Morgan fingerprint density at radius 2 is 1.61 bits per heavy atom. The van der Waals surface area contributed by atoms with Crippen molar-refractivity contribution in [3.05, 3.63) is 95.3 Å². The molecule has 2 aliphatic rings. The van der Waals surface area contributed by atoms with Crippen molar-refractivity contribution in [2.24, 2.45) is 7.05 Å². The highest BCUT2D eigenvalue weighted by Gasteiger charge is 2.38. The van der Waals surface area contributed by atoms with E-state index in [0.29, 0.717) is 12.0 Å². The fourth-order valence-electron chi connectivity index (χ4n) is 5.71. The molecule has 0 spiro atoms. The Kier molecular flexibility index (Phi) is 6.24. The average Bonchev–Trinajstić information content (AvgIpc) is 3.24. The van der Waals surface area contributed by atoms with Crippen LogP contribution < -0.4 is 0 Å². The summed E-state index contributed by atoms with van der Waals surface area (Å²) in [4.78, 5) is 5.47. The van der Waals surface area contributed by atoms with Gasteiger partial charge in [-0.1, -0.05) is 61.0 Å². The van der Waals surface area contributed by atoms with Gasteiger partial charge >= 0.3 is 0 Å². The number of aryl methyl sites for hydroxylation is 1. The SMILES string of the molecule is Cn1cccc1[C@@H]1[C@@H](CN2CCCCC2)c2ccccc2CN1CCc1ccccc1. The van der Waals surface area contributed by atoms with Crippen LogP contribution in [0.25, 0.3) is 0 Å². The molecule has 1 saturated heterocycles. The monoisotopic (exact) mass is 413 g/mol. The van der Waals surface area contributed by atoms with Crippen LogP contribution in [0, 0.1) is 0 Å². The van der Waals surface area contributed by atoms with Gasteiger partial charge in [-0.05, 0) is 61.2 Å². The Hall–Kier alpha value is -2.36. The number of likely N-dealkylation sites (tertiary alicyclic amines) is 1. The molecule has 3 heterocycles. The van der Waals surface area contributed by atoms with Gasteiger partial charge in [-0.3, -0.25) is 4.90 Å².